The molecule has 3 aromatic rings. The van der Waals surface area contributed by atoms with Gasteiger partial charge in [-0.3, -0.25) is 4.79 Å². The fraction of sp³-hybridized carbons (Fsp3) is 0.208. The predicted octanol–water partition coefficient (Wildman–Crippen LogP) is 4.25. The largest absolute Gasteiger partial charge is 0.586 e. The molecule has 0 atom stereocenters. The maximum atomic E-state index is 13.3. The Labute approximate surface area is 194 Å². The van der Waals surface area contributed by atoms with Gasteiger partial charge in [0.25, 0.3) is 0 Å². The number of anilines is 1. The fourth-order valence-electron chi connectivity index (χ4n) is 3.99. The van der Waals surface area contributed by atoms with Gasteiger partial charge in [0, 0.05) is 5.69 Å². The van der Waals surface area contributed by atoms with E-state index < -0.39 is 21.7 Å². The van der Waals surface area contributed by atoms with E-state index in [2.05, 4.69) is 19.5 Å². The van der Waals surface area contributed by atoms with Crippen molar-refractivity contribution >= 4 is 21.6 Å². The lowest BCUT2D eigenvalue weighted by Gasteiger charge is -2.17. The average Bonchev–Trinajstić information content (AvgIpc) is 3.56. The monoisotopic (exact) mass is 486 g/mol. The molecule has 1 fully saturated rings. The Morgan fingerprint density at radius 2 is 1.62 bits per heavy atom. The van der Waals surface area contributed by atoms with Crippen LogP contribution in [0.25, 0.3) is 11.1 Å². The van der Waals surface area contributed by atoms with E-state index in [0.717, 1.165) is 11.1 Å². The quantitative estimate of drug-likeness (QED) is 0.543. The lowest BCUT2D eigenvalue weighted by atomic mass is 9.94. The Balaban J connectivity index is 1.35. The highest BCUT2D eigenvalue weighted by molar-refractivity contribution is 7.89. The highest BCUT2D eigenvalue weighted by Gasteiger charge is 2.52. The maximum Gasteiger partial charge on any atom is 0.586 e. The number of sulfonamides is 1. The highest BCUT2D eigenvalue weighted by atomic mass is 32.2. The summed E-state index contributed by atoms with van der Waals surface area (Å²) in [5, 5.41) is 2.92. The van der Waals surface area contributed by atoms with Crippen molar-refractivity contribution in [2.45, 2.75) is 29.4 Å². The number of fused-ring (bicyclic) bond motifs is 1. The molecule has 2 aliphatic rings. The van der Waals surface area contributed by atoms with Gasteiger partial charge >= 0.3 is 6.29 Å². The number of hydrogen-bond donors (Lipinski definition) is 2. The smallest absolute Gasteiger partial charge is 0.395 e. The molecule has 3 aromatic carbocycles. The average molecular weight is 486 g/mol. The van der Waals surface area contributed by atoms with Crippen molar-refractivity contribution in [1.29, 1.82) is 0 Å². The molecule has 0 saturated heterocycles. The van der Waals surface area contributed by atoms with E-state index >= 15 is 0 Å². The third-order valence-electron chi connectivity index (χ3n) is 6.03. The number of hydrogen-bond acceptors (Lipinski definition) is 5. The number of alkyl halides is 2. The van der Waals surface area contributed by atoms with Crippen LogP contribution < -0.4 is 19.5 Å². The lowest BCUT2D eigenvalue weighted by molar-refractivity contribution is -0.286. The molecular weight excluding hydrogens is 466 g/mol. The Morgan fingerprint density at radius 3 is 2.29 bits per heavy atom. The van der Waals surface area contributed by atoms with Crippen LogP contribution in [0.2, 0.25) is 0 Å². The van der Waals surface area contributed by atoms with Crippen LogP contribution in [-0.2, 0) is 20.2 Å². The zero-order chi connectivity index (χ0) is 24.1. The van der Waals surface area contributed by atoms with Gasteiger partial charge in [0.15, 0.2) is 11.5 Å². The van der Waals surface area contributed by atoms with E-state index in [4.69, 9.17) is 0 Å². The van der Waals surface area contributed by atoms with E-state index in [-0.39, 0.29) is 22.3 Å². The molecule has 1 aliphatic carbocycles. The summed E-state index contributed by atoms with van der Waals surface area (Å²) in [7, 11) is -2.18. The zero-order valence-corrected chi connectivity index (χ0v) is 18.8. The van der Waals surface area contributed by atoms with Crippen molar-refractivity contribution < 1.29 is 31.5 Å². The van der Waals surface area contributed by atoms with Crippen LogP contribution in [-0.4, -0.2) is 27.7 Å². The van der Waals surface area contributed by atoms with E-state index in [1.807, 2.05) is 6.07 Å². The third-order valence-corrected chi connectivity index (χ3v) is 7.46. The normalized spacial score (nSPS) is 17.3. The van der Waals surface area contributed by atoms with Crippen molar-refractivity contribution in [1.82, 2.24) is 4.72 Å². The van der Waals surface area contributed by atoms with Gasteiger partial charge in [-0.05, 0) is 73.0 Å². The second kappa shape index (κ2) is 7.78. The highest BCUT2D eigenvalue weighted by Crippen LogP contribution is 2.52. The van der Waals surface area contributed by atoms with Crippen LogP contribution in [0, 0.1) is 0 Å². The van der Waals surface area contributed by atoms with Gasteiger partial charge in [0.1, 0.15) is 0 Å². The fourth-order valence-corrected chi connectivity index (χ4v) is 4.72. The number of ether oxygens (including phenoxy) is 2. The molecule has 5 rings (SSSR count). The van der Waals surface area contributed by atoms with E-state index in [9.17, 15) is 22.0 Å². The zero-order valence-electron chi connectivity index (χ0n) is 18.0. The first-order valence-corrected chi connectivity index (χ1v) is 12.0. The second-order valence-corrected chi connectivity index (χ2v) is 10.1. The van der Waals surface area contributed by atoms with Crippen LogP contribution in [0.5, 0.6) is 11.5 Å². The number of amides is 1. The van der Waals surface area contributed by atoms with E-state index in [0.29, 0.717) is 24.1 Å². The molecule has 0 spiro atoms. The molecular formula is C24H20F2N2O5S. The molecule has 34 heavy (non-hydrogen) atoms. The van der Waals surface area contributed by atoms with Crippen LogP contribution in [0.4, 0.5) is 14.5 Å². The summed E-state index contributed by atoms with van der Waals surface area (Å²) in [5.41, 5.74) is 1.90. The number of rotatable bonds is 6. The summed E-state index contributed by atoms with van der Waals surface area (Å²) in [5.74, 6) is -0.399. The molecule has 0 bridgehead atoms. The Bertz CT molecular complexity index is 1390. The van der Waals surface area contributed by atoms with Crippen molar-refractivity contribution in [3.05, 3.63) is 72.3 Å². The topological polar surface area (TPSA) is 93.7 Å². The number of carbonyl (C=O) groups is 1. The molecule has 0 unspecified atom stereocenters. The minimum atomic E-state index is -3.71. The third kappa shape index (κ3) is 3.99. The van der Waals surface area contributed by atoms with Crippen LogP contribution in [0.1, 0.15) is 18.4 Å². The molecule has 10 heteroatoms. The first-order chi connectivity index (χ1) is 16.1. The number of carbonyl (C=O) groups excluding carboxylic acids is 1. The molecule has 1 saturated carbocycles. The molecule has 7 nitrogen and oxygen atoms in total. The van der Waals surface area contributed by atoms with Gasteiger partial charge in [-0.1, -0.05) is 30.3 Å². The summed E-state index contributed by atoms with van der Waals surface area (Å²) in [6.45, 7) is 0. The number of halogens is 2. The van der Waals surface area contributed by atoms with Gasteiger partial charge in [-0.15, -0.1) is 8.78 Å². The van der Waals surface area contributed by atoms with Crippen LogP contribution in [0.15, 0.2) is 71.6 Å². The van der Waals surface area contributed by atoms with Crippen molar-refractivity contribution in [2.75, 3.05) is 12.4 Å². The van der Waals surface area contributed by atoms with Gasteiger partial charge in [-0.2, -0.15) is 0 Å². The summed E-state index contributed by atoms with van der Waals surface area (Å²) >= 11 is 0. The molecule has 1 heterocycles. The van der Waals surface area contributed by atoms with Gasteiger partial charge in [0.05, 0.1) is 10.3 Å². The SMILES string of the molecule is CNS(=O)(=O)c1ccc(-c2cccc(NC(=O)C3(c4ccc5c(c4)OC(F)(F)O5)CC3)c2)cc1. The summed E-state index contributed by atoms with van der Waals surface area (Å²) in [4.78, 5) is 13.3. The van der Waals surface area contributed by atoms with E-state index in [1.54, 1.807) is 36.4 Å². The number of nitrogens with one attached hydrogen (secondary N) is 2. The first-order valence-electron chi connectivity index (χ1n) is 10.5. The molecule has 0 aromatic heterocycles. The number of benzene rings is 3. The molecule has 0 radical (unpaired) electrons. The summed E-state index contributed by atoms with van der Waals surface area (Å²) in [6.07, 6.45) is -2.55. The Morgan fingerprint density at radius 1 is 0.912 bits per heavy atom. The molecule has 1 amide bonds. The standard InChI is InChI=1S/C24H20F2N2O5S/c1-27-34(30,31)19-8-5-15(6-9-19)16-3-2-4-18(13-16)28-22(29)23(11-12-23)17-7-10-20-21(14-17)33-24(25,26)32-20/h2-10,13-14,27H,11-12H2,1H3,(H,28,29). The van der Waals surface area contributed by atoms with Crippen LogP contribution in [0.3, 0.4) is 0 Å². The minimum absolute atomic E-state index is 0.0637. The van der Waals surface area contributed by atoms with Gasteiger partial charge in [-0.25, -0.2) is 13.1 Å². The minimum Gasteiger partial charge on any atom is -0.395 e. The van der Waals surface area contributed by atoms with Gasteiger partial charge < -0.3 is 14.8 Å². The second-order valence-electron chi connectivity index (χ2n) is 8.18. The van der Waals surface area contributed by atoms with Crippen molar-refractivity contribution in [3.8, 4) is 22.6 Å². The maximum absolute atomic E-state index is 13.3. The van der Waals surface area contributed by atoms with Crippen molar-refractivity contribution in [3.63, 3.8) is 0 Å². The van der Waals surface area contributed by atoms with Crippen LogP contribution >= 0.6 is 0 Å². The summed E-state index contributed by atoms with van der Waals surface area (Å²) in [6, 6.07) is 18.0. The molecule has 2 N–H and O–H groups in total. The summed E-state index contributed by atoms with van der Waals surface area (Å²) < 4.78 is 61.8. The molecule has 1 aliphatic heterocycles. The predicted molar refractivity (Wildman–Crippen MR) is 120 cm³/mol. The Hall–Kier alpha value is -3.50. The van der Waals surface area contributed by atoms with Gasteiger partial charge in [0.2, 0.25) is 15.9 Å². The lowest BCUT2D eigenvalue weighted by Crippen LogP contribution is -2.28. The van der Waals surface area contributed by atoms with E-state index in [1.165, 1.54) is 31.3 Å². The first kappa shape index (κ1) is 22.3. The Kier molecular flexibility index (Phi) is 5.10. The van der Waals surface area contributed by atoms with Crippen molar-refractivity contribution in [2.24, 2.45) is 0 Å². The molecule has 176 valence electrons.